The van der Waals surface area contributed by atoms with Gasteiger partial charge in [0.15, 0.2) is 0 Å². The first-order valence-corrected chi connectivity index (χ1v) is 9.18. The second-order valence-corrected chi connectivity index (χ2v) is 8.98. The molecular formula is C18H28N2O. The lowest BCUT2D eigenvalue weighted by Gasteiger charge is -2.57. The van der Waals surface area contributed by atoms with Gasteiger partial charge in [0.05, 0.1) is 5.41 Å². The summed E-state index contributed by atoms with van der Waals surface area (Å²) in [6, 6.07) is 0.975. The second kappa shape index (κ2) is 4.24. The molecule has 3 nitrogen and oxygen atoms in total. The molecule has 2 saturated heterocycles. The summed E-state index contributed by atoms with van der Waals surface area (Å²) in [4.78, 5) is 15.9. The number of likely N-dealkylation sites (tertiary alicyclic amines) is 1. The molecule has 3 heteroatoms. The average Bonchev–Trinajstić information content (AvgIpc) is 2.96. The van der Waals surface area contributed by atoms with Gasteiger partial charge in [-0.3, -0.25) is 4.79 Å². The first-order chi connectivity index (χ1) is 10.1. The molecular weight excluding hydrogens is 260 g/mol. The maximum atomic E-state index is 13.6. The van der Waals surface area contributed by atoms with Crippen LogP contribution >= 0.6 is 0 Å². The molecule has 6 rings (SSSR count). The summed E-state index contributed by atoms with van der Waals surface area (Å²) in [5.74, 6) is 3.89. The first-order valence-electron chi connectivity index (χ1n) is 9.18. The number of hydrogen-bond acceptors (Lipinski definition) is 2. The van der Waals surface area contributed by atoms with E-state index in [0.717, 1.165) is 36.8 Å². The van der Waals surface area contributed by atoms with Gasteiger partial charge in [0.1, 0.15) is 0 Å². The third-order valence-electron chi connectivity index (χ3n) is 7.51. The highest BCUT2D eigenvalue weighted by atomic mass is 16.2. The Labute approximate surface area is 127 Å². The minimum absolute atomic E-state index is 0.0560. The van der Waals surface area contributed by atoms with Gasteiger partial charge >= 0.3 is 0 Å². The highest BCUT2D eigenvalue weighted by molar-refractivity contribution is 5.84. The molecule has 21 heavy (non-hydrogen) atoms. The van der Waals surface area contributed by atoms with Crippen LogP contribution in [0.15, 0.2) is 0 Å². The third-order valence-corrected chi connectivity index (χ3v) is 7.51. The monoisotopic (exact) mass is 288 g/mol. The summed E-state index contributed by atoms with van der Waals surface area (Å²) in [5, 5.41) is 3.51. The molecule has 0 spiro atoms. The molecule has 4 bridgehead atoms. The molecule has 3 atom stereocenters. The van der Waals surface area contributed by atoms with E-state index in [1.165, 1.54) is 44.9 Å². The average molecular weight is 288 g/mol. The van der Waals surface area contributed by atoms with Gasteiger partial charge in [0, 0.05) is 25.2 Å². The number of hydrogen-bond donors (Lipinski definition) is 1. The Morgan fingerprint density at radius 2 is 1.62 bits per heavy atom. The van der Waals surface area contributed by atoms with Crippen LogP contribution in [0.25, 0.3) is 0 Å². The van der Waals surface area contributed by atoms with Crippen molar-refractivity contribution in [3.05, 3.63) is 0 Å². The normalized spacial score (nSPS) is 54.2. The maximum absolute atomic E-state index is 13.6. The van der Waals surface area contributed by atoms with Gasteiger partial charge in [0.25, 0.3) is 0 Å². The van der Waals surface area contributed by atoms with Crippen molar-refractivity contribution in [2.24, 2.45) is 29.1 Å². The molecule has 4 aliphatic carbocycles. The molecule has 4 saturated carbocycles. The largest absolute Gasteiger partial charge is 0.335 e. The zero-order chi connectivity index (χ0) is 14.2. The fourth-order valence-corrected chi connectivity index (χ4v) is 7.16. The fraction of sp³-hybridized carbons (Fsp3) is 0.944. The van der Waals surface area contributed by atoms with Crippen LogP contribution in [0.4, 0.5) is 0 Å². The van der Waals surface area contributed by atoms with E-state index in [-0.39, 0.29) is 5.41 Å². The molecule has 1 N–H and O–H groups in total. The number of fused-ring (bicyclic) bond motifs is 1. The minimum Gasteiger partial charge on any atom is -0.335 e. The van der Waals surface area contributed by atoms with Crippen LogP contribution in [0.5, 0.6) is 0 Å². The number of rotatable bonds is 1. The van der Waals surface area contributed by atoms with E-state index >= 15 is 0 Å². The first kappa shape index (κ1) is 12.9. The maximum Gasteiger partial charge on any atom is 0.229 e. The Balaban J connectivity index is 1.45. The van der Waals surface area contributed by atoms with Crippen LogP contribution < -0.4 is 5.32 Å². The van der Waals surface area contributed by atoms with Gasteiger partial charge in [-0.15, -0.1) is 0 Å². The summed E-state index contributed by atoms with van der Waals surface area (Å²) in [6.07, 6.45) is 9.14. The Morgan fingerprint density at radius 1 is 1.00 bits per heavy atom. The van der Waals surface area contributed by atoms with Crippen molar-refractivity contribution >= 4 is 5.91 Å². The van der Waals surface area contributed by atoms with E-state index in [1.807, 2.05) is 0 Å². The smallest absolute Gasteiger partial charge is 0.229 e. The number of carbonyl (C=O) groups excluding carboxylic acids is 1. The van der Waals surface area contributed by atoms with Crippen molar-refractivity contribution in [3.63, 3.8) is 0 Å². The number of amides is 1. The van der Waals surface area contributed by atoms with E-state index in [0.29, 0.717) is 18.0 Å². The molecule has 3 unspecified atom stereocenters. The Morgan fingerprint density at radius 3 is 2.24 bits per heavy atom. The van der Waals surface area contributed by atoms with Crippen molar-refractivity contribution in [1.29, 1.82) is 0 Å². The molecule has 6 aliphatic rings. The topological polar surface area (TPSA) is 32.3 Å². The lowest BCUT2D eigenvalue weighted by molar-refractivity contribution is -0.160. The summed E-state index contributed by atoms with van der Waals surface area (Å²) in [6.45, 7) is 4.45. The highest BCUT2D eigenvalue weighted by Crippen LogP contribution is 2.61. The van der Waals surface area contributed by atoms with Gasteiger partial charge in [-0.2, -0.15) is 0 Å². The van der Waals surface area contributed by atoms with Crippen molar-refractivity contribution in [3.8, 4) is 0 Å². The highest BCUT2D eigenvalue weighted by Gasteiger charge is 2.58. The summed E-state index contributed by atoms with van der Waals surface area (Å²) in [5.41, 5.74) is 0.0560. The molecule has 0 aromatic rings. The van der Waals surface area contributed by atoms with E-state index in [1.54, 1.807) is 0 Å². The number of carbonyl (C=O) groups is 1. The molecule has 0 aromatic carbocycles. The molecule has 2 aliphatic heterocycles. The van der Waals surface area contributed by atoms with E-state index in [2.05, 4.69) is 17.1 Å². The summed E-state index contributed by atoms with van der Waals surface area (Å²) >= 11 is 0. The van der Waals surface area contributed by atoms with Crippen LogP contribution in [0.1, 0.15) is 51.9 Å². The third kappa shape index (κ3) is 1.73. The Kier molecular flexibility index (Phi) is 2.61. The zero-order valence-electron chi connectivity index (χ0n) is 13.2. The fourth-order valence-electron chi connectivity index (χ4n) is 7.16. The predicted octanol–water partition coefficient (Wildman–Crippen LogP) is 2.41. The number of nitrogens with one attached hydrogen (secondary N) is 1. The van der Waals surface area contributed by atoms with Crippen LogP contribution in [0, 0.1) is 29.1 Å². The quantitative estimate of drug-likeness (QED) is 0.803. The van der Waals surface area contributed by atoms with Crippen molar-refractivity contribution in [2.45, 2.75) is 64.0 Å². The van der Waals surface area contributed by atoms with Gasteiger partial charge in [0.2, 0.25) is 5.91 Å². The van der Waals surface area contributed by atoms with Gasteiger partial charge in [-0.1, -0.05) is 0 Å². The second-order valence-electron chi connectivity index (χ2n) is 8.98. The van der Waals surface area contributed by atoms with E-state index in [9.17, 15) is 4.79 Å². The molecule has 0 radical (unpaired) electrons. The van der Waals surface area contributed by atoms with Crippen molar-refractivity contribution in [1.82, 2.24) is 10.2 Å². The SMILES string of the molecule is CC1CC2CNCC2N1C(=O)C12CC3CC(CC(C3)C1)C2. The summed E-state index contributed by atoms with van der Waals surface area (Å²) < 4.78 is 0. The summed E-state index contributed by atoms with van der Waals surface area (Å²) in [7, 11) is 0. The standard InChI is InChI=1S/C18H28N2O/c1-11-2-15-9-19-10-16(15)20(11)17(21)18-6-12-3-13(7-18)5-14(4-12)8-18/h11-16,19H,2-10H2,1H3. The molecule has 116 valence electrons. The van der Waals surface area contributed by atoms with Gasteiger partial charge in [-0.05, 0) is 75.5 Å². The lowest BCUT2D eigenvalue weighted by Crippen LogP contribution is -2.57. The lowest BCUT2D eigenvalue weighted by atomic mass is 9.49. The Hall–Kier alpha value is -0.570. The minimum atomic E-state index is 0.0560. The van der Waals surface area contributed by atoms with Crippen molar-refractivity contribution < 1.29 is 4.79 Å². The van der Waals surface area contributed by atoms with Crippen LogP contribution in [0.3, 0.4) is 0 Å². The van der Waals surface area contributed by atoms with Crippen LogP contribution in [-0.2, 0) is 4.79 Å². The zero-order valence-corrected chi connectivity index (χ0v) is 13.2. The van der Waals surface area contributed by atoms with E-state index < -0.39 is 0 Å². The van der Waals surface area contributed by atoms with Crippen LogP contribution in [-0.4, -0.2) is 36.0 Å². The predicted molar refractivity (Wildman–Crippen MR) is 81.7 cm³/mol. The van der Waals surface area contributed by atoms with Crippen molar-refractivity contribution in [2.75, 3.05) is 13.1 Å². The molecule has 6 fully saturated rings. The molecule has 1 amide bonds. The number of nitrogens with zero attached hydrogens (tertiary/aromatic N) is 1. The van der Waals surface area contributed by atoms with Crippen LogP contribution in [0.2, 0.25) is 0 Å². The van der Waals surface area contributed by atoms with Gasteiger partial charge in [-0.25, -0.2) is 0 Å². The van der Waals surface area contributed by atoms with Gasteiger partial charge < -0.3 is 10.2 Å². The Bertz CT molecular complexity index is 439. The molecule has 0 aromatic heterocycles. The molecule has 2 heterocycles. The van der Waals surface area contributed by atoms with E-state index in [4.69, 9.17) is 0 Å².